The quantitative estimate of drug-likeness (QED) is 0.381. The maximum atomic E-state index is 10.9. The number of nitrogens with two attached hydrogens (primary N) is 3. The Balaban J connectivity index is 3.10. The Hall–Kier alpha value is -2.23. The minimum absolute atomic E-state index is 0.183. The lowest BCUT2D eigenvalue weighted by Gasteiger charge is -2.07. The molecule has 0 saturated heterocycles. The van der Waals surface area contributed by atoms with Gasteiger partial charge in [0.2, 0.25) is 5.91 Å². The van der Waals surface area contributed by atoms with Crippen LogP contribution in [0.25, 0.3) is 5.57 Å². The van der Waals surface area contributed by atoms with E-state index in [1.807, 2.05) is 0 Å². The van der Waals surface area contributed by atoms with E-state index in [-0.39, 0.29) is 5.57 Å². The SMILES string of the molecule is C=C(C(N)=O)/C(=C\N)c1ccc(N)cc1. The minimum atomic E-state index is -0.594. The summed E-state index contributed by atoms with van der Waals surface area (Å²) in [6.07, 6.45) is 1.30. The summed E-state index contributed by atoms with van der Waals surface area (Å²) in [6.45, 7) is 3.57. The van der Waals surface area contributed by atoms with E-state index in [0.29, 0.717) is 11.3 Å². The number of hydrogen-bond acceptors (Lipinski definition) is 3. The molecule has 0 aliphatic carbocycles. The second-order valence-corrected chi connectivity index (χ2v) is 3.05. The van der Waals surface area contributed by atoms with Crippen molar-refractivity contribution < 1.29 is 4.79 Å². The molecule has 0 bridgehead atoms. The molecule has 4 nitrogen and oxygen atoms in total. The van der Waals surface area contributed by atoms with Crippen molar-refractivity contribution in [2.24, 2.45) is 11.5 Å². The highest BCUT2D eigenvalue weighted by Crippen LogP contribution is 2.21. The standard InChI is InChI=1S/C11H13N3O/c1-7(11(14)15)10(6-12)8-2-4-9(13)5-3-8/h2-6H,1,12-13H2,(H2,14,15)/b10-6+. The predicted molar refractivity (Wildman–Crippen MR) is 61.4 cm³/mol. The monoisotopic (exact) mass is 203 g/mol. The number of carbonyl (C=O) groups excluding carboxylic acids is 1. The molecule has 0 saturated carbocycles. The van der Waals surface area contributed by atoms with Gasteiger partial charge in [-0.05, 0) is 17.7 Å². The number of benzene rings is 1. The topological polar surface area (TPSA) is 95.1 Å². The Labute approximate surface area is 88.1 Å². The van der Waals surface area contributed by atoms with E-state index in [0.717, 1.165) is 5.56 Å². The second-order valence-electron chi connectivity index (χ2n) is 3.05. The number of hydrogen-bond donors (Lipinski definition) is 3. The van der Waals surface area contributed by atoms with Crippen LogP contribution in [-0.2, 0) is 4.79 Å². The first-order valence-corrected chi connectivity index (χ1v) is 4.33. The maximum Gasteiger partial charge on any atom is 0.248 e. The first-order chi connectivity index (χ1) is 7.06. The largest absolute Gasteiger partial charge is 0.404 e. The molecule has 1 aromatic rings. The summed E-state index contributed by atoms with van der Waals surface area (Å²) < 4.78 is 0. The zero-order valence-electron chi connectivity index (χ0n) is 8.23. The van der Waals surface area contributed by atoms with Gasteiger partial charge in [0.1, 0.15) is 0 Å². The summed E-state index contributed by atoms with van der Waals surface area (Å²) in [6, 6.07) is 6.94. The Morgan fingerprint density at radius 3 is 2.20 bits per heavy atom. The molecule has 78 valence electrons. The Morgan fingerprint density at radius 2 is 1.80 bits per heavy atom. The van der Waals surface area contributed by atoms with Gasteiger partial charge in [0.05, 0.1) is 0 Å². The van der Waals surface area contributed by atoms with Gasteiger partial charge in [0.25, 0.3) is 0 Å². The Kier molecular flexibility index (Phi) is 3.13. The van der Waals surface area contributed by atoms with E-state index in [1.165, 1.54) is 6.20 Å². The van der Waals surface area contributed by atoms with Crippen LogP contribution in [-0.4, -0.2) is 5.91 Å². The molecule has 0 spiro atoms. The van der Waals surface area contributed by atoms with Gasteiger partial charge in [-0.2, -0.15) is 0 Å². The summed E-state index contributed by atoms with van der Waals surface area (Å²) in [5.41, 5.74) is 18.2. The molecule has 15 heavy (non-hydrogen) atoms. The third kappa shape index (κ3) is 2.37. The number of anilines is 1. The summed E-state index contributed by atoms with van der Waals surface area (Å²) in [7, 11) is 0. The van der Waals surface area contributed by atoms with Crippen LogP contribution in [0.2, 0.25) is 0 Å². The van der Waals surface area contributed by atoms with E-state index in [1.54, 1.807) is 24.3 Å². The normalized spacial score (nSPS) is 11.1. The lowest BCUT2D eigenvalue weighted by molar-refractivity contribution is -0.114. The highest BCUT2D eigenvalue weighted by molar-refractivity contribution is 6.07. The van der Waals surface area contributed by atoms with Gasteiger partial charge in [-0.1, -0.05) is 18.7 Å². The van der Waals surface area contributed by atoms with Crippen LogP contribution in [0.15, 0.2) is 42.6 Å². The van der Waals surface area contributed by atoms with Crippen molar-refractivity contribution in [3.63, 3.8) is 0 Å². The highest BCUT2D eigenvalue weighted by atomic mass is 16.1. The predicted octanol–water partition coefficient (Wildman–Crippen LogP) is 0.610. The molecule has 0 aromatic heterocycles. The van der Waals surface area contributed by atoms with Crippen molar-refractivity contribution in [3.8, 4) is 0 Å². The van der Waals surface area contributed by atoms with E-state index < -0.39 is 5.91 Å². The third-order valence-electron chi connectivity index (χ3n) is 2.01. The summed E-state index contributed by atoms with van der Waals surface area (Å²) in [5, 5.41) is 0. The van der Waals surface area contributed by atoms with Crippen molar-refractivity contribution in [1.82, 2.24) is 0 Å². The fraction of sp³-hybridized carbons (Fsp3) is 0. The smallest absolute Gasteiger partial charge is 0.248 e. The maximum absolute atomic E-state index is 10.9. The van der Waals surface area contributed by atoms with E-state index in [2.05, 4.69) is 6.58 Å². The molecule has 0 atom stereocenters. The van der Waals surface area contributed by atoms with Crippen molar-refractivity contribution in [2.45, 2.75) is 0 Å². The van der Waals surface area contributed by atoms with Crippen LogP contribution in [0.1, 0.15) is 5.56 Å². The van der Waals surface area contributed by atoms with E-state index in [9.17, 15) is 4.79 Å². The van der Waals surface area contributed by atoms with Gasteiger partial charge in [-0.15, -0.1) is 0 Å². The summed E-state index contributed by atoms with van der Waals surface area (Å²) in [5.74, 6) is -0.594. The first-order valence-electron chi connectivity index (χ1n) is 4.33. The number of carbonyl (C=O) groups is 1. The highest BCUT2D eigenvalue weighted by Gasteiger charge is 2.09. The van der Waals surface area contributed by atoms with Crippen LogP contribution >= 0.6 is 0 Å². The van der Waals surface area contributed by atoms with Gasteiger partial charge in [-0.25, -0.2) is 0 Å². The van der Waals surface area contributed by atoms with Crippen molar-refractivity contribution in [3.05, 3.63) is 48.2 Å². The van der Waals surface area contributed by atoms with Crippen molar-refractivity contribution >= 4 is 17.2 Å². The average molecular weight is 203 g/mol. The fourth-order valence-corrected chi connectivity index (χ4v) is 1.17. The molecular formula is C11H13N3O. The number of amides is 1. The van der Waals surface area contributed by atoms with Gasteiger partial charge < -0.3 is 17.2 Å². The fourth-order valence-electron chi connectivity index (χ4n) is 1.17. The average Bonchev–Trinajstić information content (AvgIpc) is 2.21. The van der Waals surface area contributed by atoms with Gasteiger partial charge in [0.15, 0.2) is 0 Å². The van der Waals surface area contributed by atoms with Gasteiger partial charge >= 0.3 is 0 Å². The first kappa shape index (κ1) is 10.8. The molecule has 1 amide bonds. The number of primary amides is 1. The van der Waals surface area contributed by atoms with Crippen LogP contribution in [0, 0.1) is 0 Å². The van der Waals surface area contributed by atoms with Crippen molar-refractivity contribution in [1.29, 1.82) is 0 Å². The van der Waals surface area contributed by atoms with Crippen LogP contribution in [0.3, 0.4) is 0 Å². The lowest BCUT2D eigenvalue weighted by Crippen LogP contribution is -2.14. The van der Waals surface area contributed by atoms with Gasteiger partial charge in [-0.3, -0.25) is 4.79 Å². The Bertz CT molecular complexity index is 418. The minimum Gasteiger partial charge on any atom is -0.404 e. The number of rotatable bonds is 3. The summed E-state index contributed by atoms with van der Waals surface area (Å²) in [4.78, 5) is 10.9. The molecule has 6 N–H and O–H groups in total. The van der Waals surface area contributed by atoms with Crippen LogP contribution in [0.4, 0.5) is 5.69 Å². The number of nitrogen functional groups attached to an aromatic ring is 1. The zero-order valence-corrected chi connectivity index (χ0v) is 8.23. The van der Waals surface area contributed by atoms with Crippen LogP contribution in [0.5, 0.6) is 0 Å². The molecule has 0 radical (unpaired) electrons. The second kappa shape index (κ2) is 4.32. The van der Waals surface area contributed by atoms with E-state index in [4.69, 9.17) is 17.2 Å². The Morgan fingerprint density at radius 1 is 1.27 bits per heavy atom. The zero-order chi connectivity index (χ0) is 11.4. The molecule has 0 heterocycles. The van der Waals surface area contributed by atoms with Crippen LogP contribution < -0.4 is 17.2 Å². The molecule has 0 aliphatic rings. The van der Waals surface area contributed by atoms with Crippen molar-refractivity contribution in [2.75, 3.05) is 5.73 Å². The van der Waals surface area contributed by atoms with Gasteiger partial charge in [0, 0.05) is 23.0 Å². The summed E-state index contributed by atoms with van der Waals surface area (Å²) >= 11 is 0. The lowest BCUT2D eigenvalue weighted by atomic mass is 9.99. The molecule has 1 rings (SSSR count). The molecular weight excluding hydrogens is 190 g/mol. The third-order valence-corrected chi connectivity index (χ3v) is 2.01. The molecule has 0 aliphatic heterocycles. The molecule has 1 aromatic carbocycles. The molecule has 0 unspecified atom stereocenters. The molecule has 4 heteroatoms. The van der Waals surface area contributed by atoms with E-state index >= 15 is 0 Å². The molecule has 0 fully saturated rings.